The number of benzene rings is 1. The summed E-state index contributed by atoms with van der Waals surface area (Å²) in [5, 5.41) is 3.10. The van der Waals surface area contributed by atoms with E-state index in [4.69, 9.17) is 5.73 Å². The van der Waals surface area contributed by atoms with E-state index in [0.717, 1.165) is 5.56 Å². The van der Waals surface area contributed by atoms with Gasteiger partial charge in [-0.25, -0.2) is 0 Å². The first-order valence-corrected chi connectivity index (χ1v) is 7.17. The van der Waals surface area contributed by atoms with Crippen LogP contribution in [-0.2, 0) is 10.3 Å². The zero-order chi connectivity index (χ0) is 13.9. The molecule has 1 aliphatic carbocycles. The lowest BCUT2D eigenvalue weighted by Crippen LogP contribution is -2.52. The second-order valence-electron chi connectivity index (χ2n) is 5.88. The van der Waals surface area contributed by atoms with Crippen molar-refractivity contribution in [2.75, 3.05) is 0 Å². The summed E-state index contributed by atoms with van der Waals surface area (Å²) >= 11 is 0. The summed E-state index contributed by atoms with van der Waals surface area (Å²) in [4.78, 5) is 12.4. The number of rotatable bonds is 4. The lowest BCUT2D eigenvalue weighted by molar-refractivity contribution is -0.127. The monoisotopic (exact) mass is 296 g/mol. The van der Waals surface area contributed by atoms with Crippen molar-refractivity contribution in [2.45, 2.75) is 51.1 Å². The molecule has 2 rings (SSSR count). The largest absolute Gasteiger partial charge is 0.351 e. The fourth-order valence-electron chi connectivity index (χ4n) is 2.85. The molecule has 1 aliphatic rings. The minimum atomic E-state index is -0.964. The number of carbonyl (C=O) groups is 1. The predicted molar refractivity (Wildman–Crippen MR) is 84.8 cm³/mol. The van der Waals surface area contributed by atoms with Crippen LogP contribution in [0.1, 0.15) is 45.1 Å². The van der Waals surface area contributed by atoms with Crippen LogP contribution in [0.5, 0.6) is 0 Å². The topological polar surface area (TPSA) is 55.1 Å². The average Bonchev–Trinajstić information content (AvgIpc) is 2.93. The summed E-state index contributed by atoms with van der Waals surface area (Å²) in [5.74, 6) is 0.522. The number of halogens is 1. The van der Waals surface area contributed by atoms with Crippen molar-refractivity contribution in [2.24, 2.45) is 11.7 Å². The van der Waals surface area contributed by atoms with Gasteiger partial charge in [0.2, 0.25) is 5.91 Å². The average molecular weight is 297 g/mol. The van der Waals surface area contributed by atoms with Gasteiger partial charge in [0.05, 0.1) is 0 Å². The van der Waals surface area contributed by atoms with Gasteiger partial charge in [-0.1, -0.05) is 43.2 Å². The normalized spacial score (nSPS) is 19.8. The molecule has 20 heavy (non-hydrogen) atoms. The SMILES string of the molecule is CC(NC(=O)C(C)(N)c1ccccc1)C1CCCC1.Cl. The third kappa shape index (κ3) is 3.74. The van der Waals surface area contributed by atoms with E-state index in [2.05, 4.69) is 12.2 Å². The van der Waals surface area contributed by atoms with Crippen LogP contribution in [0, 0.1) is 5.92 Å². The molecule has 2 unspecified atom stereocenters. The Kier molecular flexibility index (Phi) is 6.03. The molecule has 0 aromatic heterocycles. The van der Waals surface area contributed by atoms with E-state index in [1.165, 1.54) is 25.7 Å². The molecule has 1 fully saturated rings. The zero-order valence-electron chi connectivity index (χ0n) is 12.3. The van der Waals surface area contributed by atoms with E-state index in [1.54, 1.807) is 6.92 Å². The highest BCUT2D eigenvalue weighted by Crippen LogP contribution is 2.28. The molecule has 4 heteroatoms. The van der Waals surface area contributed by atoms with Crippen LogP contribution < -0.4 is 11.1 Å². The summed E-state index contributed by atoms with van der Waals surface area (Å²) in [6.45, 7) is 3.87. The molecule has 1 amide bonds. The maximum absolute atomic E-state index is 12.4. The van der Waals surface area contributed by atoms with Crippen LogP contribution in [0.2, 0.25) is 0 Å². The number of nitrogens with two attached hydrogens (primary N) is 1. The van der Waals surface area contributed by atoms with Crippen LogP contribution >= 0.6 is 12.4 Å². The fraction of sp³-hybridized carbons (Fsp3) is 0.562. The van der Waals surface area contributed by atoms with Crippen molar-refractivity contribution in [3.63, 3.8) is 0 Å². The molecule has 0 bridgehead atoms. The van der Waals surface area contributed by atoms with Gasteiger partial charge in [0.1, 0.15) is 5.54 Å². The third-order valence-corrected chi connectivity index (χ3v) is 4.31. The Labute approximate surface area is 127 Å². The second kappa shape index (κ2) is 7.09. The quantitative estimate of drug-likeness (QED) is 0.897. The molecule has 2 atom stereocenters. The van der Waals surface area contributed by atoms with Gasteiger partial charge in [0.15, 0.2) is 0 Å². The van der Waals surface area contributed by atoms with E-state index in [0.29, 0.717) is 5.92 Å². The first-order valence-electron chi connectivity index (χ1n) is 7.17. The van der Waals surface area contributed by atoms with Gasteiger partial charge in [-0.2, -0.15) is 0 Å². The summed E-state index contributed by atoms with van der Waals surface area (Å²) in [5.41, 5.74) is 6.11. The standard InChI is InChI=1S/C16H24N2O.ClH/c1-12(13-8-6-7-9-13)18-15(19)16(2,17)14-10-4-3-5-11-14;/h3-5,10-13H,6-9,17H2,1-2H3,(H,18,19);1H. The van der Waals surface area contributed by atoms with Crippen LogP contribution in [0.3, 0.4) is 0 Å². The molecule has 1 aromatic rings. The summed E-state index contributed by atoms with van der Waals surface area (Å²) < 4.78 is 0. The van der Waals surface area contributed by atoms with E-state index in [1.807, 2.05) is 30.3 Å². The lowest BCUT2D eigenvalue weighted by Gasteiger charge is -2.28. The highest BCUT2D eigenvalue weighted by Gasteiger charge is 2.33. The van der Waals surface area contributed by atoms with Crippen molar-refractivity contribution in [1.29, 1.82) is 0 Å². The summed E-state index contributed by atoms with van der Waals surface area (Å²) in [6.07, 6.45) is 5.00. The van der Waals surface area contributed by atoms with Crippen molar-refractivity contribution >= 4 is 18.3 Å². The van der Waals surface area contributed by atoms with Crippen molar-refractivity contribution in [3.05, 3.63) is 35.9 Å². The van der Waals surface area contributed by atoms with E-state index < -0.39 is 5.54 Å². The molecule has 112 valence electrons. The molecule has 3 nitrogen and oxygen atoms in total. The Balaban J connectivity index is 0.00000200. The van der Waals surface area contributed by atoms with E-state index >= 15 is 0 Å². The third-order valence-electron chi connectivity index (χ3n) is 4.31. The molecule has 1 aromatic carbocycles. The maximum Gasteiger partial charge on any atom is 0.244 e. The van der Waals surface area contributed by atoms with Crippen LogP contribution in [0.4, 0.5) is 0 Å². The molecule has 1 saturated carbocycles. The van der Waals surface area contributed by atoms with Crippen LogP contribution in [-0.4, -0.2) is 11.9 Å². The van der Waals surface area contributed by atoms with Gasteiger partial charge >= 0.3 is 0 Å². The fourth-order valence-corrected chi connectivity index (χ4v) is 2.85. The maximum atomic E-state index is 12.4. The molecular formula is C16H25ClN2O. The van der Waals surface area contributed by atoms with Gasteiger partial charge in [0.25, 0.3) is 0 Å². The van der Waals surface area contributed by atoms with E-state index in [9.17, 15) is 4.79 Å². The Morgan fingerprint density at radius 3 is 2.40 bits per heavy atom. The van der Waals surface area contributed by atoms with Crippen molar-refractivity contribution < 1.29 is 4.79 Å². The summed E-state index contributed by atoms with van der Waals surface area (Å²) in [7, 11) is 0. The number of nitrogens with one attached hydrogen (secondary N) is 1. The number of hydrogen-bond acceptors (Lipinski definition) is 2. The van der Waals surface area contributed by atoms with Gasteiger partial charge in [-0.05, 0) is 38.2 Å². The molecule has 0 radical (unpaired) electrons. The second-order valence-corrected chi connectivity index (χ2v) is 5.88. The van der Waals surface area contributed by atoms with Gasteiger partial charge in [0, 0.05) is 6.04 Å². The number of carbonyl (C=O) groups excluding carboxylic acids is 1. The predicted octanol–water partition coefficient (Wildman–Crippen LogP) is 2.98. The summed E-state index contributed by atoms with van der Waals surface area (Å²) in [6, 6.07) is 9.77. The minimum Gasteiger partial charge on any atom is -0.351 e. The number of hydrogen-bond donors (Lipinski definition) is 2. The van der Waals surface area contributed by atoms with Crippen LogP contribution in [0.15, 0.2) is 30.3 Å². The molecule has 0 saturated heterocycles. The Morgan fingerprint density at radius 2 is 1.85 bits per heavy atom. The highest BCUT2D eigenvalue weighted by molar-refractivity contribution is 5.87. The van der Waals surface area contributed by atoms with Gasteiger partial charge in [-0.3, -0.25) is 4.79 Å². The Bertz CT molecular complexity index is 427. The van der Waals surface area contributed by atoms with E-state index in [-0.39, 0.29) is 24.4 Å². The molecule has 0 aliphatic heterocycles. The first kappa shape index (κ1) is 17.0. The molecule has 0 heterocycles. The van der Waals surface area contributed by atoms with Crippen LogP contribution in [0.25, 0.3) is 0 Å². The van der Waals surface area contributed by atoms with Crippen molar-refractivity contribution in [1.82, 2.24) is 5.32 Å². The molecule has 3 N–H and O–H groups in total. The van der Waals surface area contributed by atoms with Crippen molar-refractivity contribution in [3.8, 4) is 0 Å². The number of amides is 1. The Morgan fingerprint density at radius 1 is 1.30 bits per heavy atom. The van der Waals surface area contributed by atoms with Gasteiger partial charge in [-0.15, -0.1) is 12.4 Å². The Hall–Kier alpha value is -1.06. The molecule has 0 spiro atoms. The molecular weight excluding hydrogens is 272 g/mol. The smallest absolute Gasteiger partial charge is 0.244 e. The van der Waals surface area contributed by atoms with Gasteiger partial charge < -0.3 is 11.1 Å². The minimum absolute atomic E-state index is 0. The highest BCUT2D eigenvalue weighted by atomic mass is 35.5. The zero-order valence-corrected chi connectivity index (χ0v) is 13.1. The lowest BCUT2D eigenvalue weighted by atomic mass is 9.91. The first-order chi connectivity index (χ1) is 9.01.